The van der Waals surface area contributed by atoms with Gasteiger partial charge in [-0.3, -0.25) is 0 Å². The molecule has 7 aromatic rings. The van der Waals surface area contributed by atoms with E-state index in [1.165, 1.54) is 37.2 Å². The predicted octanol–water partition coefficient (Wildman–Crippen LogP) is 9.75. The van der Waals surface area contributed by atoms with Gasteiger partial charge in [-0.25, -0.2) is 0 Å². The van der Waals surface area contributed by atoms with E-state index in [4.69, 9.17) is 4.42 Å². The Labute approximate surface area is 252 Å². The van der Waals surface area contributed by atoms with Crippen LogP contribution in [0.5, 0.6) is 0 Å². The van der Waals surface area contributed by atoms with Crippen LogP contribution in [-0.4, -0.2) is 9.97 Å². The van der Waals surface area contributed by atoms with E-state index in [1.807, 2.05) is 47.9 Å². The normalized spacial score (nSPS) is 10.9. The van der Waals surface area contributed by atoms with E-state index >= 15 is 0 Å². The summed E-state index contributed by atoms with van der Waals surface area (Å²) in [4.78, 5) is 10.2. The zero-order valence-electron chi connectivity index (χ0n) is 23.0. The van der Waals surface area contributed by atoms with Crippen molar-refractivity contribution < 1.29 is 24.5 Å². The maximum atomic E-state index is 6.24. The fourth-order valence-electron chi connectivity index (χ4n) is 4.71. The number of hydrogen-bond acceptors (Lipinski definition) is 4. The molecule has 0 fully saturated rings. The number of fused-ring (bicyclic) bond motifs is 4. The summed E-state index contributed by atoms with van der Waals surface area (Å²) in [7, 11) is 0. The molecule has 40 heavy (non-hydrogen) atoms. The van der Waals surface area contributed by atoms with Gasteiger partial charge in [-0.15, -0.1) is 64.9 Å². The minimum absolute atomic E-state index is 0. The summed E-state index contributed by atoms with van der Waals surface area (Å²) >= 11 is 1.84. The second-order valence-electron chi connectivity index (χ2n) is 9.97. The van der Waals surface area contributed by atoms with E-state index in [1.54, 1.807) is 6.20 Å². The molecule has 0 atom stereocenters. The average Bonchev–Trinajstić information content (AvgIpc) is 3.46. The van der Waals surface area contributed by atoms with Gasteiger partial charge in [0, 0.05) is 47.5 Å². The number of thiophene rings is 1. The van der Waals surface area contributed by atoms with Gasteiger partial charge in [0.15, 0.2) is 0 Å². The van der Waals surface area contributed by atoms with Crippen LogP contribution < -0.4 is 0 Å². The molecular weight excluding hydrogens is 689 g/mol. The summed E-state index contributed by atoms with van der Waals surface area (Å²) in [5, 5.41) is 3.56. The topological polar surface area (TPSA) is 38.9 Å². The van der Waals surface area contributed by atoms with E-state index in [9.17, 15) is 0 Å². The van der Waals surface area contributed by atoms with Gasteiger partial charge in [0.25, 0.3) is 0 Å². The second kappa shape index (κ2) is 11.5. The summed E-state index contributed by atoms with van der Waals surface area (Å²) in [6, 6.07) is 29.1. The first-order valence-electron chi connectivity index (χ1n) is 13.0. The zero-order valence-corrected chi connectivity index (χ0v) is 26.3. The summed E-state index contributed by atoms with van der Waals surface area (Å²) in [6.07, 6.45) is 3.71. The van der Waals surface area contributed by atoms with E-state index in [0.29, 0.717) is 0 Å². The van der Waals surface area contributed by atoms with Crippen molar-refractivity contribution in [1.82, 2.24) is 9.97 Å². The van der Waals surface area contributed by atoms with Crippen molar-refractivity contribution in [2.24, 2.45) is 0 Å². The van der Waals surface area contributed by atoms with Crippen molar-refractivity contribution in [3.8, 4) is 22.5 Å². The zero-order chi connectivity index (χ0) is 27.1. The molecule has 0 N–H and O–H groups in total. The molecular formula is C35H28IrN2OS-2. The molecule has 0 aliphatic carbocycles. The SMILES string of the molecule is Cc1c[c-]c(-c2cc(C)c(C)cn2)cc1.Cc1sc2cc3c(cc2c1C)oc1c(-c2ccccn2)[c-]ccc13.[Ir]. The van der Waals surface area contributed by atoms with Gasteiger partial charge in [0.05, 0.1) is 5.58 Å². The number of nitrogens with zero attached hydrogens (tertiary/aromatic N) is 2. The molecule has 3 aromatic carbocycles. The number of hydrogen-bond donors (Lipinski definition) is 0. The van der Waals surface area contributed by atoms with Crippen molar-refractivity contribution in [3.63, 3.8) is 0 Å². The van der Waals surface area contributed by atoms with Crippen LogP contribution in [0.2, 0.25) is 0 Å². The molecule has 0 bridgehead atoms. The molecule has 4 heterocycles. The molecule has 0 amide bonds. The molecule has 1 radical (unpaired) electrons. The molecule has 0 saturated heterocycles. The number of furan rings is 1. The van der Waals surface area contributed by atoms with Crippen molar-refractivity contribution in [1.29, 1.82) is 0 Å². The first kappa shape index (κ1) is 27.9. The molecule has 201 valence electrons. The Bertz CT molecular complexity index is 1950. The summed E-state index contributed by atoms with van der Waals surface area (Å²) in [5.41, 5.74) is 10.7. The Kier molecular flexibility index (Phi) is 8.00. The maximum absolute atomic E-state index is 6.24. The molecule has 0 unspecified atom stereocenters. The fourth-order valence-corrected chi connectivity index (χ4v) is 5.80. The van der Waals surface area contributed by atoms with Gasteiger partial charge in [0.1, 0.15) is 5.58 Å². The third-order valence-corrected chi connectivity index (χ3v) is 8.44. The van der Waals surface area contributed by atoms with Gasteiger partial charge in [0.2, 0.25) is 0 Å². The summed E-state index contributed by atoms with van der Waals surface area (Å²) in [6.45, 7) is 10.6. The molecule has 0 aliphatic heterocycles. The first-order valence-corrected chi connectivity index (χ1v) is 13.8. The van der Waals surface area contributed by atoms with Crippen molar-refractivity contribution >= 4 is 43.4 Å². The Morgan fingerprint density at radius 3 is 2.35 bits per heavy atom. The van der Waals surface area contributed by atoms with Gasteiger partial charge in [-0.1, -0.05) is 41.6 Å². The van der Waals surface area contributed by atoms with Gasteiger partial charge in [-0.05, 0) is 73.8 Å². The molecule has 4 aromatic heterocycles. The molecule has 7 rings (SSSR count). The smallest absolute Gasteiger partial charge is 0.121 e. The number of aromatic nitrogens is 2. The first-order chi connectivity index (χ1) is 18.9. The van der Waals surface area contributed by atoms with Crippen LogP contribution in [0.4, 0.5) is 0 Å². The van der Waals surface area contributed by atoms with Gasteiger partial charge >= 0.3 is 0 Å². The average molecular weight is 717 g/mol. The number of aryl methyl sites for hydroxylation is 5. The van der Waals surface area contributed by atoms with E-state index in [-0.39, 0.29) is 20.1 Å². The van der Waals surface area contributed by atoms with Crippen LogP contribution in [0.3, 0.4) is 0 Å². The Balaban J connectivity index is 0.000000175. The van der Waals surface area contributed by atoms with Gasteiger partial charge in [-0.2, -0.15) is 0 Å². The summed E-state index contributed by atoms with van der Waals surface area (Å²) in [5.74, 6) is 0. The number of pyridine rings is 2. The molecule has 5 heteroatoms. The fraction of sp³-hybridized carbons (Fsp3) is 0.143. The minimum atomic E-state index is 0. The van der Waals surface area contributed by atoms with Crippen LogP contribution in [0.25, 0.3) is 54.5 Å². The quantitative estimate of drug-likeness (QED) is 0.167. The van der Waals surface area contributed by atoms with Crippen LogP contribution in [0.1, 0.15) is 27.1 Å². The van der Waals surface area contributed by atoms with Crippen LogP contribution >= 0.6 is 11.3 Å². The van der Waals surface area contributed by atoms with Crippen LogP contribution in [0.15, 0.2) is 83.5 Å². The van der Waals surface area contributed by atoms with E-state index in [2.05, 4.69) is 93.1 Å². The third kappa shape index (κ3) is 5.25. The molecule has 3 nitrogen and oxygen atoms in total. The minimum Gasteiger partial charge on any atom is -0.501 e. The van der Waals surface area contributed by atoms with Crippen molar-refractivity contribution in [2.45, 2.75) is 34.6 Å². The Morgan fingerprint density at radius 2 is 1.62 bits per heavy atom. The molecule has 0 saturated carbocycles. The number of rotatable bonds is 2. The van der Waals surface area contributed by atoms with Crippen LogP contribution in [0, 0.1) is 46.8 Å². The number of benzene rings is 3. The van der Waals surface area contributed by atoms with E-state index < -0.39 is 0 Å². The second-order valence-corrected chi connectivity index (χ2v) is 11.2. The Hall–Kier alpha value is -3.63. The van der Waals surface area contributed by atoms with E-state index in [0.717, 1.165) is 44.5 Å². The summed E-state index contributed by atoms with van der Waals surface area (Å²) < 4.78 is 7.56. The van der Waals surface area contributed by atoms with Crippen LogP contribution in [-0.2, 0) is 20.1 Å². The third-order valence-electron chi connectivity index (χ3n) is 7.27. The predicted molar refractivity (Wildman–Crippen MR) is 163 cm³/mol. The maximum Gasteiger partial charge on any atom is 0.121 e. The molecule has 0 spiro atoms. The standard InChI is InChI=1S/C21H14NOS.C14H14N.Ir/c1-12-13(2)24-20-11-17-14-6-5-7-15(18-8-3-4-9-22-18)21(14)23-19(17)10-16(12)20;1-10-4-6-13(7-5-10)14-8-11(2)12(3)9-15-14;/h3-6,8-11H,1-2H3;4-6,8-9H,1-3H3;/q2*-1;. The Morgan fingerprint density at radius 1 is 0.775 bits per heavy atom. The van der Waals surface area contributed by atoms with Crippen molar-refractivity contribution in [2.75, 3.05) is 0 Å². The van der Waals surface area contributed by atoms with Gasteiger partial charge < -0.3 is 14.4 Å². The largest absolute Gasteiger partial charge is 0.501 e. The van der Waals surface area contributed by atoms with Crippen molar-refractivity contribution in [3.05, 3.63) is 118 Å². The molecule has 0 aliphatic rings. The monoisotopic (exact) mass is 717 g/mol.